The van der Waals surface area contributed by atoms with Gasteiger partial charge in [-0.2, -0.15) is 0 Å². The lowest BCUT2D eigenvalue weighted by Gasteiger charge is -2.10. The van der Waals surface area contributed by atoms with E-state index in [4.69, 9.17) is 12.2 Å². The van der Waals surface area contributed by atoms with Crippen LogP contribution in [0.15, 0.2) is 84.1 Å². The van der Waals surface area contributed by atoms with Crippen LogP contribution in [0.25, 0.3) is 27.5 Å². The number of anilines is 1. The van der Waals surface area contributed by atoms with Crippen molar-refractivity contribution in [2.75, 3.05) is 12.0 Å². The highest BCUT2D eigenvalue weighted by Crippen LogP contribution is 2.28. The van der Waals surface area contributed by atoms with E-state index in [1.54, 1.807) is 17.1 Å². The number of rotatable bonds is 6. The lowest BCUT2D eigenvalue weighted by Crippen LogP contribution is -2.28. The number of imidazole rings is 1. The van der Waals surface area contributed by atoms with Crippen molar-refractivity contribution in [1.29, 1.82) is 0 Å². The summed E-state index contributed by atoms with van der Waals surface area (Å²) in [6.45, 7) is 0.128. The second kappa shape index (κ2) is 10.7. The predicted molar refractivity (Wildman–Crippen MR) is 143 cm³/mol. The van der Waals surface area contributed by atoms with Gasteiger partial charge in [0.15, 0.2) is 5.11 Å². The molecule has 0 saturated heterocycles. The summed E-state index contributed by atoms with van der Waals surface area (Å²) in [7, 11) is 0. The van der Waals surface area contributed by atoms with Crippen LogP contribution in [0.5, 0.6) is 5.75 Å². The van der Waals surface area contributed by atoms with Crippen LogP contribution in [-0.4, -0.2) is 33.9 Å². The third-order valence-corrected chi connectivity index (χ3v) is 5.90. The molecule has 5 aromatic rings. The lowest BCUT2D eigenvalue weighted by molar-refractivity contribution is -0.274. The lowest BCUT2D eigenvalue weighted by atomic mass is 10.1. The molecule has 0 atom stereocenters. The first-order valence-corrected chi connectivity index (χ1v) is 11.8. The van der Waals surface area contributed by atoms with Crippen molar-refractivity contribution in [3.8, 4) is 11.4 Å². The molecule has 0 saturated carbocycles. The van der Waals surface area contributed by atoms with Crippen LogP contribution in [0.2, 0.25) is 0 Å². The van der Waals surface area contributed by atoms with Gasteiger partial charge in [-0.1, -0.05) is 18.2 Å². The molecule has 0 aliphatic rings. The summed E-state index contributed by atoms with van der Waals surface area (Å²) in [4.78, 5) is 8.80. The van der Waals surface area contributed by atoms with Crippen LogP contribution < -0.4 is 15.4 Å². The number of aliphatic imine (C=N–C) groups is 1. The highest BCUT2D eigenvalue weighted by atomic mass is 32.1. The van der Waals surface area contributed by atoms with E-state index >= 15 is 0 Å². The molecule has 0 unspecified atom stereocenters. The molecule has 39 heavy (non-hydrogen) atoms. The molecule has 198 valence electrons. The average Bonchev–Trinajstić information content (AvgIpc) is 3.32. The molecule has 0 fully saturated rings. The SMILES string of the molecule is Fc1ccc(NC(=S)NCN=Cc2ccc3c(ccc4c3ncn4-c3ccc(OC(F)(F)F)cc3)c2)c(F)c1. The molecular weight excluding hydrogens is 537 g/mol. The van der Waals surface area contributed by atoms with Crippen LogP contribution in [0.3, 0.4) is 0 Å². The molecule has 5 rings (SSSR count). The number of ether oxygens (including phenoxy) is 1. The van der Waals surface area contributed by atoms with Gasteiger partial charge in [0.25, 0.3) is 0 Å². The Hall–Kier alpha value is -4.58. The summed E-state index contributed by atoms with van der Waals surface area (Å²) < 4.78 is 69.8. The zero-order valence-electron chi connectivity index (χ0n) is 19.8. The summed E-state index contributed by atoms with van der Waals surface area (Å²) in [5.74, 6) is -1.74. The zero-order valence-corrected chi connectivity index (χ0v) is 20.7. The Kier molecular flexibility index (Phi) is 7.11. The summed E-state index contributed by atoms with van der Waals surface area (Å²) in [5.41, 5.74) is 3.03. The molecule has 1 aromatic heterocycles. The van der Waals surface area contributed by atoms with E-state index in [9.17, 15) is 22.0 Å². The highest BCUT2D eigenvalue weighted by Gasteiger charge is 2.31. The Labute approximate surface area is 223 Å². The van der Waals surface area contributed by atoms with Gasteiger partial charge in [-0.25, -0.2) is 13.8 Å². The maximum Gasteiger partial charge on any atom is 0.573 e. The van der Waals surface area contributed by atoms with E-state index < -0.39 is 18.0 Å². The number of hydrogen-bond donors (Lipinski definition) is 2. The second-order valence-electron chi connectivity index (χ2n) is 8.30. The number of alkyl halides is 3. The van der Waals surface area contributed by atoms with E-state index in [1.807, 2.05) is 30.3 Å². The maximum atomic E-state index is 13.7. The molecule has 0 spiro atoms. The van der Waals surface area contributed by atoms with Crippen molar-refractivity contribution >= 4 is 51.0 Å². The number of fused-ring (bicyclic) bond motifs is 3. The van der Waals surface area contributed by atoms with Crippen LogP contribution in [0.1, 0.15) is 5.56 Å². The number of aromatic nitrogens is 2. The van der Waals surface area contributed by atoms with Crippen molar-refractivity contribution in [2.24, 2.45) is 4.99 Å². The third-order valence-electron chi connectivity index (χ3n) is 5.66. The van der Waals surface area contributed by atoms with Crippen LogP contribution >= 0.6 is 12.2 Å². The van der Waals surface area contributed by atoms with Gasteiger partial charge in [-0.15, -0.1) is 13.2 Å². The van der Waals surface area contributed by atoms with Gasteiger partial charge in [0.05, 0.1) is 16.7 Å². The Morgan fingerprint density at radius 2 is 1.79 bits per heavy atom. The molecular formula is C27H18F5N5OS. The minimum atomic E-state index is -4.75. The zero-order chi connectivity index (χ0) is 27.6. The third kappa shape index (κ3) is 6.12. The summed E-state index contributed by atoms with van der Waals surface area (Å²) in [5, 5.41) is 7.42. The molecule has 1 heterocycles. The van der Waals surface area contributed by atoms with E-state index in [2.05, 4.69) is 25.3 Å². The predicted octanol–water partition coefficient (Wildman–Crippen LogP) is 6.72. The molecule has 2 N–H and O–H groups in total. The Morgan fingerprint density at radius 3 is 2.54 bits per heavy atom. The molecule has 0 bridgehead atoms. The van der Waals surface area contributed by atoms with Crippen molar-refractivity contribution < 1.29 is 26.7 Å². The smallest absolute Gasteiger partial charge is 0.406 e. The molecule has 0 amide bonds. The average molecular weight is 556 g/mol. The Balaban J connectivity index is 1.26. The van der Waals surface area contributed by atoms with Gasteiger partial charge >= 0.3 is 6.36 Å². The quantitative estimate of drug-likeness (QED) is 0.138. The van der Waals surface area contributed by atoms with E-state index in [1.165, 1.54) is 30.3 Å². The first-order chi connectivity index (χ1) is 18.7. The largest absolute Gasteiger partial charge is 0.573 e. The molecule has 0 aliphatic heterocycles. The standard InChI is InChI=1S/C27H18F5N5OS/c28-18-3-9-23(22(29)12-18)36-26(39)34-14-33-13-16-1-8-21-17(11-16)2-10-24-25(21)35-15-37(24)19-4-6-20(7-5-19)38-27(30,31)32/h1-13,15H,14H2,(H2,34,36,39). The number of halogens is 5. The molecule has 4 aromatic carbocycles. The minimum Gasteiger partial charge on any atom is -0.406 e. The van der Waals surface area contributed by atoms with Crippen molar-refractivity contribution in [3.05, 3.63) is 96.3 Å². The normalized spacial score (nSPS) is 11.8. The fourth-order valence-electron chi connectivity index (χ4n) is 3.95. The number of nitrogens with one attached hydrogen (secondary N) is 2. The highest BCUT2D eigenvalue weighted by molar-refractivity contribution is 7.80. The fourth-order valence-corrected chi connectivity index (χ4v) is 4.12. The van der Waals surface area contributed by atoms with Crippen molar-refractivity contribution in [1.82, 2.24) is 14.9 Å². The van der Waals surface area contributed by atoms with Gasteiger partial charge in [0, 0.05) is 23.4 Å². The van der Waals surface area contributed by atoms with Crippen molar-refractivity contribution in [2.45, 2.75) is 6.36 Å². The van der Waals surface area contributed by atoms with E-state index in [0.717, 1.165) is 39.5 Å². The topological polar surface area (TPSA) is 63.5 Å². The van der Waals surface area contributed by atoms with Gasteiger partial charge < -0.3 is 15.4 Å². The van der Waals surface area contributed by atoms with E-state index in [0.29, 0.717) is 5.69 Å². The van der Waals surface area contributed by atoms with Crippen LogP contribution in [0.4, 0.5) is 27.6 Å². The summed E-state index contributed by atoms with van der Waals surface area (Å²) in [6.07, 6.45) is -1.49. The first-order valence-electron chi connectivity index (χ1n) is 11.4. The molecule has 6 nitrogen and oxygen atoms in total. The minimum absolute atomic E-state index is 0.0497. The van der Waals surface area contributed by atoms with Gasteiger partial charge in [0.2, 0.25) is 0 Å². The number of nitrogens with zero attached hydrogens (tertiary/aromatic N) is 3. The van der Waals surface area contributed by atoms with Crippen LogP contribution in [0, 0.1) is 11.6 Å². The molecule has 12 heteroatoms. The first kappa shape index (κ1) is 26.0. The molecule has 0 aliphatic carbocycles. The van der Waals surface area contributed by atoms with Gasteiger partial charge in [-0.05, 0) is 71.7 Å². The number of thiocarbonyl (C=S) groups is 1. The number of hydrogen-bond acceptors (Lipinski definition) is 4. The monoisotopic (exact) mass is 555 g/mol. The van der Waals surface area contributed by atoms with E-state index in [-0.39, 0.29) is 23.2 Å². The van der Waals surface area contributed by atoms with Crippen LogP contribution in [-0.2, 0) is 0 Å². The summed E-state index contributed by atoms with van der Waals surface area (Å²) >= 11 is 5.11. The maximum absolute atomic E-state index is 13.7. The van der Waals surface area contributed by atoms with Gasteiger partial charge in [0.1, 0.15) is 30.4 Å². The molecule has 0 radical (unpaired) electrons. The van der Waals surface area contributed by atoms with Gasteiger partial charge in [-0.3, -0.25) is 9.56 Å². The number of benzene rings is 4. The summed E-state index contributed by atoms with van der Waals surface area (Å²) in [6, 6.07) is 18.2. The fraction of sp³-hybridized carbons (Fsp3) is 0.0741. The Morgan fingerprint density at radius 1 is 1.00 bits per heavy atom. The van der Waals surface area contributed by atoms with Crippen molar-refractivity contribution in [3.63, 3.8) is 0 Å². The second-order valence-corrected chi connectivity index (χ2v) is 8.70. The Bertz CT molecular complexity index is 1700.